The molecule has 0 aliphatic carbocycles. The molecule has 0 saturated carbocycles. The second kappa shape index (κ2) is 7.45. The second-order valence-electron chi connectivity index (χ2n) is 6.39. The Labute approximate surface area is 176 Å². The van der Waals surface area contributed by atoms with Gasteiger partial charge in [-0.05, 0) is 54.6 Å². The van der Waals surface area contributed by atoms with Gasteiger partial charge in [-0.3, -0.25) is 0 Å². The molecule has 0 fully saturated rings. The Hall–Kier alpha value is -3.40. The minimum absolute atomic E-state index is 0.0146. The third-order valence-corrected chi connectivity index (χ3v) is 5.53. The van der Waals surface area contributed by atoms with Crippen molar-refractivity contribution in [2.75, 3.05) is 0 Å². The highest BCUT2D eigenvalue weighted by molar-refractivity contribution is 7.89. The summed E-state index contributed by atoms with van der Waals surface area (Å²) in [6.45, 7) is 0. The largest absolute Gasteiger partial charge is 0.507 e. The SMILES string of the molecule is NS(=O)(=O)c1ccc(-n2nc(-c3ccc(Cl)cc3O)nc2-c2ccccc2O)cc1. The molecule has 8 nitrogen and oxygen atoms in total. The predicted molar refractivity (Wildman–Crippen MR) is 112 cm³/mol. The molecular weight excluding hydrogens is 428 g/mol. The zero-order chi connectivity index (χ0) is 21.5. The molecule has 0 radical (unpaired) electrons. The number of aromatic nitrogens is 3. The third-order valence-electron chi connectivity index (χ3n) is 4.36. The highest BCUT2D eigenvalue weighted by Gasteiger charge is 2.19. The number of phenols is 2. The van der Waals surface area contributed by atoms with Gasteiger partial charge in [-0.2, -0.15) is 0 Å². The summed E-state index contributed by atoms with van der Waals surface area (Å²) in [5.74, 6) is 0.367. The van der Waals surface area contributed by atoms with Gasteiger partial charge in [0.2, 0.25) is 10.0 Å². The number of halogens is 1. The number of hydrogen-bond donors (Lipinski definition) is 3. The molecule has 4 rings (SSSR count). The molecular formula is C20H15ClN4O4S. The van der Waals surface area contributed by atoms with Gasteiger partial charge in [0.15, 0.2) is 11.6 Å². The van der Waals surface area contributed by atoms with Crippen molar-refractivity contribution in [3.05, 3.63) is 71.8 Å². The Morgan fingerprint density at radius 2 is 1.60 bits per heavy atom. The maximum Gasteiger partial charge on any atom is 0.238 e. The van der Waals surface area contributed by atoms with Gasteiger partial charge < -0.3 is 10.2 Å². The lowest BCUT2D eigenvalue weighted by Crippen LogP contribution is -2.12. The Balaban J connectivity index is 1.92. The van der Waals surface area contributed by atoms with Crippen molar-refractivity contribution in [2.45, 2.75) is 4.90 Å². The number of hydrogen-bond acceptors (Lipinski definition) is 6. The summed E-state index contributed by atoms with van der Waals surface area (Å²) in [4.78, 5) is 4.45. The molecule has 0 bridgehead atoms. The maximum absolute atomic E-state index is 11.5. The van der Waals surface area contributed by atoms with Crippen molar-refractivity contribution in [3.63, 3.8) is 0 Å². The summed E-state index contributed by atoms with van der Waals surface area (Å²) < 4.78 is 24.5. The van der Waals surface area contributed by atoms with E-state index in [4.69, 9.17) is 16.7 Å². The van der Waals surface area contributed by atoms with Gasteiger partial charge in [0.1, 0.15) is 11.5 Å². The van der Waals surface area contributed by atoms with Crippen LogP contribution in [0, 0.1) is 0 Å². The molecule has 30 heavy (non-hydrogen) atoms. The molecule has 0 aliphatic heterocycles. The van der Waals surface area contributed by atoms with Crippen molar-refractivity contribution in [1.29, 1.82) is 0 Å². The summed E-state index contributed by atoms with van der Waals surface area (Å²) in [5.41, 5.74) is 1.23. The maximum atomic E-state index is 11.5. The van der Waals surface area contributed by atoms with Crippen LogP contribution in [0.2, 0.25) is 5.02 Å². The van der Waals surface area contributed by atoms with Gasteiger partial charge in [-0.15, -0.1) is 5.10 Å². The van der Waals surface area contributed by atoms with Crippen molar-refractivity contribution >= 4 is 21.6 Å². The fourth-order valence-corrected chi connectivity index (χ4v) is 3.60. The Kier molecular flexibility index (Phi) is 4.94. The molecule has 1 aromatic heterocycles. The standard InChI is InChI=1S/C20H15ClN4O4S/c21-12-5-10-15(18(27)11-12)19-23-20(16-3-1-2-4-17(16)26)25(24-19)13-6-8-14(9-7-13)30(22,28)29/h1-11,26-27H,(H2,22,28,29). The first-order valence-corrected chi connectivity index (χ1v) is 10.5. The highest BCUT2D eigenvalue weighted by Crippen LogP contribution is 2.34. The van der Waals surface area contributed by atoms with E-state index in [0.29, 0.717) is 27.7 Å². The quantitative estimate of drug-likeness (QED) is 0.444. The molecule has 1 heterocycles. The van der Waals surface area contributed by atoms with Crippen LogP contribution in [-0.2, 0) is 10.0 Å². The summed E-state index contributed by atoms with van der Waals surface area (Å²) in [6.07, 6.45) is 0. The van der Waals surface area contributed by atoms with Crippen molar-refractivity contribution in [2.24, 2.45) is 5.14 Å². The zero-order valence-corrected chi connectivity index (χ0v) is 16.8. The molecule has 10 heteroatoms. The lowest BCUT2D eigenvalue weighted by Gasteiger charge is -2.08. The number of nitrogens with two attached hydrogens (primary N) is 1. The van der Waals surface area contributed by atoms with E-state index in [1.54, 1.807) is 30.3 Å². The number of primary sulfonamides is 1. The van der Waals surface area contributed by atoms with Gasteiger partial charge in [-0.1, -0.05) is 23.7 Å². The van der Waals surface area contributed by atoms with Crippen molar-refractivity contribution in [3.8, 4) is 40.0 Å². The number of para-hydroxylation sites is 1. The summed E-state index contributed by atoms with van der Waals surface area (Å²) in [6, 6.07) is 16.9. The molecule has 0 amide bonds. The first kappa shape index (κ1) is 19.9. The zero-order valence-electron chi connectivity index (χ0n) is 15.3. The normalized spacial score (nSPS) is 11.5. The van der Waals surface area contributed by atoms with E-state index < -0.39 is 10.0 Å². The van der Waals surface area contributed by atoms with Crippen LogP contribution < -0.4 is 5.14 Å². The van der Waals surface area contributed by atoms with E-state index in [-0.39, 0.29) is 22.2 Å². The van der Waals surface area contributed by atoms with E-state index in [1.807, 2.05) is 0 Å². The minimum atomic E-state index is -3.85. The lowest BCUT2D eigenvalue weighted by atomic mass is 10.1. The first-order chi connectivity index (χ1) is 14.2. The Morgan fingerprint density at radius 3 is 2.23 bits per heavy atom. The van der Waals surface area contributed by atoms with E-state index in [9.17, 15) is 18.6 Å². The number of benzene rings is 3. The molecule has 0 unspecified atom stereocenters. The Bertz CT molecular complexity index is 1350. The number of sulfonamides is 1. The molecule has 0 atom stereocenters. The highest BCUT2D eigenvalue weighted by atomic mass is 35.5. The first-order valence-electron chi connectivity index (χ1n) is 8.61. The molecule has 152 valence electrons. The predicted octanol–water partition coefficient (Wildman–Crippen LogP) is 3.31. The average molecular weight is 443 g/mol. The molecule has 3 aromatic carbocycles. The smallest absolute Gasteiger partial charge is 0.238 e. The minimum Gasteiger partial charge on any atom is -0.507 e. The van der Waals surface area contributed by atoms with Gasteiger partial charge >= 0.3 is 0 Å². The van der Waals surface area contributed by atoms with Crippen LogP contribution in [0.1, 0.15) is 0 Å². The molecule has 0 aliphatic rings. The van der Waals surface area contributed by atoms with Crippen LogP contribution in [0.4, 0.5) is 0 Å². The van der Waals surface area contributed by atoms with Gasteiger partial charge in [-0.25, -0.2) is 23.2 Å². The number of aromatic hydroxyl groups is 2. The van der Waals surface area contributed by atoms with Crippen molar-refractivity contribution < 1.29 is 18.6 Å². The van der Waals surface area contributed by atoms with E-state index in [0.717, 1.165) is 0 Å². The van der Waals surface area contributed by atoms with E-state index >= 15 is 0 Å². The Morgan fingerprint density at radius 1 is 0.900 bits per heavy atom. The number of nitrogens with zero attached hydrogens (tertiary/aromatic N) is 3. The van der Waals surface area contributed by atoms with Crippen LogP contribution >= 0.6 is 11.6 Å². The van der Waals surface area contributed by atoms with Gasteiger partial charge in [0, 0.05) is 5.02 Å². The summed E-state index contributed by atoms with van der Waals surface area (Å²) >= 11 is 5.91. The van der Waals surface area contributed by atoms with E-state index in [2.05, 4.69) is 10.1 Å². The monoisotopic (exact) mass is 442 g/mol. The van der Waals surface area contributed by atoms with Gasteiger partial charge in [0.05, 0.1) is 21.7 Å². The van der Waals surface area contributed by atoms with Crippen LogP contribution in [0.5, 0.6) is 11.5 Å². The molecule has 0 saturated heterocycles. The van der Waals surface area contributed by atoms with E-state index in [1.165, 1.54) is 41.1 Å². The van der Waals surface area contributed by atoms with Crippen molar-refractivity contribution in [1.82, 2.24) is 14.8 Å². The molecule has 4 N–H and O–H groups in total. The fraction of sp³-hybridized carbons (Fsp3) is 0. The fourth-order valence-electron chi connectivity index (χ4n) is 2.91. The topological polar surface area (TPSA) is 131 Å². The van der Waals surface area contributed by atoms with Crippen LogP contribution in [0.15, 0.2) is 71.6 Å². The van der Waals surface area contributed by atoms with Crippen LogP contribution in [0.3, 0.4) is 0 Å². The molecule has 4 aromatic rings. The third kappa shape index (κ3) is 3.73. The summed E-state index contributed by atoms with van der Waals surface area (Å²) in [7, 11) is -3.85. The van der Waals surface area contributed by atoms with Crippen LogP contribution in [0.25, 0.3) is 28.5 Å². The average Bonchev–Trinajstić information content (AvgIpc) is 3.12. The number of rotatable bonds is 4. The summed E-state index contributed by atoms with van der Waals surface area (Å²) in [5, 5.41) is 30.6. The second-order valence-corrected chi connectivity index (χ2v) is 8.39. The lowest BCUT2D eigenvalue weighted by molar-refractivity contribution is 0.476. The van der Waals surface area contributed by atoms with Crippen LogP contribution in [-0.4, -0.2) is 33.4 Å². The number of phenolic OH excluding ortho intramolecular Hbond substituents is 2. The van der Waals surface area contributed by atoms with Gasteiger partial charge in [0.25, 0.3) is 0 Å². The molecule has 0 spiro atoms.